The fourth-order valence-electron chi connectivity index (χ4n) is 3.92. The number of aryl methyl sites for hydroxylation is 2. The van der Waals surface area contributed by atoms with Gasteiger partial charge in [0.2, 0.25) is 0 Å². The molecule has 4 aromatic rings. The molecule has 0 spiro atoms. The third-order valence-electron chi connectivity index (χ3n) is 5.60. The predicted molar refractivity (Wildman–Crippen MR) is 136 cm³/mol. The first-order chi connectivity index (χ1) is 17.4. The fourth-order valence-corrected chi connectivity index (χ4v) is 3.92. The van der Waals surface area contributed by atoms with Crippen molar-refractivity contribution in [2.24, 2.45) is 0 Å². The molecule has 0 amide bonds. The molecular formula is C29H30N2O5. The summed E-state index contributed by atoms with van der Waals surface area (Å²) in [6, 6.07) is 25.0. The van der Waals surface area contributed by atoms with E-state index in [-0.39, 0.29) is 6.54 Å². The lowest BCUT2D eigenvalue weighted by molar-refractivity contribution is -0.138. The summed E-state index contributed by atoms with van der Waals surface area (Å²) in [5.74, 6) is 2.89. The SMILES string of the molecule is Cc1nc(CCOc2ccc(CN(CC(=O)O)Cc3ccc(Oc4ccccc4)cc3)cc2)c(C)o1. The minimum atomic E-state index is -0.864. The Morgan fingerprint density at radius 1 is 0.861 bits per heavy atom. The Balaban J connectivity index is 1.31. The molecule has 3 aromatic carbocycles. The molecule has 0 saturated heterocycles. The average molecular weight is 487 g/mol. The molecular weight excluding hydrogens is 456 g/mol. The number of para-hydroxylation sites is 1. The molecule has 0 saturated carbocycles. The van der Waals surface area contributed by atoms with Crippen LogP contribution in [-0.2, 0) is 24.3 Å². The maximum atomic E-state index is 11.5. The molecule has 0 aliphatic heterocycles. The lowest BCUT2D eigenvalue weighted by Crippen LogP contribution is -2.28. The number of aliphatic carboxylic acids is 1. The molecule has 0 unspecified atom stereocenters. The van der Waals surface area contributed by atoms with Gasteiger partial charge in [-0.1, -0.05) is 42.5 Å². The van der Waals surface area contributed by atoms with Crippen LogP contribution in [0, 0.1) is 13.8 Å². The molecule has 1 heterocycles. The van der Waals surface area contributed by atoms with Crippen LogP contribution in [0.25, 0.3) is 0 Å². The van der Waals surface area contributed by atoms with Crippen molar-refractivity contribution in [2.45, 2.75) is 33.4 Å². The Morgan fingerprint density at radius 2 is 1.44 bits per heavy atom. The number of aromatic nitrogens is 1. The van der Waals surface area contributed by atoms with Gasteiger partial charge in [0.05, 0.1) is 18.8 Å². The van der Waals surface area contributed by atoms with Crippen LogP contribution >= 0.6 is 0 Å². The molecule has 0 aliphatic rings. The molecule has 186 valence electrons. The van der Waals surface area contributed by atoms with E-state index in [0.29, 0.717) is 32.0 Å². The molecule has 0 bridgehead atoms. The summed E-state index contributed by atoms with van der Waals surface area (Å²) in [5, 5.41) is 9.41. The van der Waals surface area contributed by atoms with Crippen LogP contribution < -0.4 is 9.47 Å². The second kappa shape index (κ2) is 12.0. The van der Waals surface area contributed by atoms with Crippen LogP contribution in [0.4, 0.5) is 0 Å². The standard InChI is InChI=1S/C29H30N2O5/c1-21-28(30-22(2)35-21)16-17-34-25-12-8-23(9-13-25)18-31(20-29(32)33)19-24-10-14-27(15-11-24)36-26-6-4-3-5-7-26/h3-15H,16-20H2,1-2H3,(H,32,33). The summed E-state index contributed by atoms with van der Waals surface area (Å²) < 4.78 is 17.1. The molecule has 36 heavy (non-hydrogen) atoms. The molecule has 7 heteroatoms. The number of rotatable bonds is 12. The van der Waals surface area contributed by atoms with E-state index in [2.05, 4.69) is 4.98 Å². The van der Waals surface area contributed by atoms with Crippen LogP contribution in [0.5, 0.6) is 17.2 Å². The van der Waals surface area contributed by atoms with Gasteiger partial charge in [-0.25, -0.2) is 4.98 Å². The minimum Gasteiger partial charge on any atom is -0.493 e. The van der Waals surface area contributed by atoms with E-state index in [4.69, 9.17) is 13.9 Å². The van der Waals surface area contributed by atoms with Gasteiger partial charge in [-0.2, -0.15) is 0 Å². The van der Waals surface area contributed by atoms with Crippen LogP contribution in [0.3, 0.4) is 0 Å². The Kier molecular flexibility index (Phi) is 8.36. The van der Waals surface area contributed by atoms with Crippen molar-refractivity contribution in [3.05, 3.63) is 107 Å². The zero-order valence-electron chi connectivity index (χ0n) is 20.5. The smallest absolute Gasteiger partial charge is 0.317 e. The molecule has 0 aliphatic carbocycles. The van der Waals surface area contributed by atoms with E-state index < -0.39 is 5.97 Å². The van der Waals surface area contributed by atoms with Gasteiger partial charge in [-0.3, -0.25) is 9.69 Å². The Labute approximate surface area is 210 Å². The van der Waals surface area contributed by atoms with Gasteiger partial charge in [-0.05, 0) is 54.4 Å². The first kappa shape index (κ1) is 25.0. The van der Waals surface area contributed by atoms with Gasteiger partial charge >= 0.3 is 5.97 Å². The predicted octanol–water partition coefficient (Wildman–Crippen LogP) is 5.79. The number of nitrogens with zero attached hydrogens (tertiary/aromatic N) is 2. The first-order valence-electron chi connectivity index (χ1n) is 11.9. The Hall–Kier alpha value is -4.10. The van der Waals surface area contributed by atoms with Crippen LogP contribution in [-0.4, -0.2) is 34.1 Å². The number of benzene rings is 3. The molecule has 4 rings (SSSR count). The van der Waals surface area contributed by atoms with Crippen molar-refractivity contribution >= 4 is 5.97 Å². The Bertz CT molecular complexity index is 1250. The third-order valence-corrected chi connectivity index (χ3v) is 5.60. The highest BCUT2D eigenvalue weighted by molar-refractivity contribution is 5.69. The highest BCUT2D eigenvalue weighted by Gasteiger charge is 2.12. The van der Waals surface area contributed by atoms with Gasteiger partial charge in [0, 0.05) is 26.4 Å². The van der Waals surface area contributed by atoms with Gasteiger partial charge in [-0.15, -0.1) is 0 Å². The molecule has 7 nitrogen and oxygen atoms in total. The van der Waals surface area contributed by atoms with Crippen molar-refractivity contribution in [2.75, 3.05) is 13.2 Å². The number of hydrogen-bond acceptors (Lipinski definition) is 6. The number of hydrogen-bond donors (Lipinski definition) is 1. The van der Waals surface area contributed by atoms with E-state index in [0.717, 1.165) is 39.8 Å². The number of ether oxygens (including phenoxy) is 2. The zero-order chi connectivity index (χ0) is 25.3. The van der Waals surface area contributed by atoms with Crippen LogP contribution in [0.15, 0.2) is 83.3 Å². The summed E-state index contributed by atoms with van der Waals surface area (Å²) in [6.07, 6.45) is 0.673. The van der Waals surface area contributed by atoms with Crippen molar-refractivity contribution in [3.63, 3.8) is 0 Å². The number of oxazole rings is 1. The third kappa shape index (κ3) is 7.45. The lowest BCUT2D eigenvalue weighted by Gasteiger charge is -2.21. The van der Waals surface area contributed by atoms with E-state index in [1.165, 1.54) is 0 Å². The lowest BCUT2D eigenvalue weighted by atomic mass is 10.1. The number of carboxylic acids is 1. The minimum absolute atomic E-state index is 0.0585. The molecule has 1 N–H and O–H groups in total. The molecule has 1 aromatic heterocycles. The normalized spacial score (nSPS) is 11.0. The fraction of sp³-hybridized carbons (Fsp3) is 0.241. The van der Waals surface area contributed by atoms with Crippen molar-refractivity contribution in [3.8, 4) is 17.2 Å². The highest BCUT2D eigenvalue weighted by Crippen LogP contribution is 2.22. The topological polar surface area (TPSA) is 85.0 Å². The highest BCUT2D eigenvalue weighted by atomic mass is 16.5. The summed E-state index contributed by atoms with van der Waals surface area (Å²) in [7, 11) is 0. The summed E-state index contributed by atoms with van der Waals surface area (Å²) in [6.45, 7) is 5.19. The van der Waals surface area contributed by atoms with Crippen molar-refractivity contribution < 1.29 is 23.8 Å². The van der Waals surface area contributed by atoms with Gasteiger partial charge in [0.25, 0.3) is 0 Å². The second-order valence-electron chi connectivity index (χ2n) is 8.58. The summed E-state index contributed by atoms with van der Waals surface area (Å²) in [5.41, 5.74) is 2.93. The number of carboxylic acid groups (broad SMARTS) is 1. The van der Waals surface area contributed by atoms with E-state index in [1.54, 1.807) is 0 Å². The van der Waals surface area contributed by atoms with Crippen molar-refractivity contribution in [1.29, 1.82) is 0 Å². The molecule has 0 radical (unpaired) electrons. The summed E-state index contributed by atoms with van der Waals surface area (Å²) >= 11 is 0. The molecule has 0 fully saturated rings. The average Bonchev–Trinajstić information content (AvgIpc) is 3.18. The maximum Gasteiger partial charge on any atom is 0.317 e. The zero-order valence-corrected chi connectivity index (χ0v) is 20.5. The quantitative estimate of drug-likeness (QED) is 0.271. The van der Waals surface area contributed by atoms with E-state index >= 15 is 0 Å². The van der Waals surface area contributed by atoms with E-state index in [1.807, 2.05) is 97.6 Å². The van der Waals surface area contributed by atoms with Crippen molar-refractivity contribution in [1.82, 2.24) is 9.88 Å². The van der Waals surface area contributed by atoms with Crippen LogP contribution in [0.2, 0.25) is 0 Å². The maximum absolute atomic E-state index is 11.5. The van der Waals surface area contributed by atoms with E-state index in [9.17, 15) is 9.90 Å². The largest absolute Gasteiger partial charge is 0.493 e. The summed E-state index contributed by atoms with van der Waals surface area (Å²) in [4.78, 5) is 17.7. The monoisotopic (exact) mass is 486 g/mol. The van der Waals surface area contributed by atoms with Crippen LogP contribution in [0.1, 0.15) is 28.5 Å². The molecule has 0 atom stereocenters. The second-order valence-corrected chi connectivity index (χ2v) is 8.58. The van der Waals surface area contributed by atoms with Gasteiger partial charge < -0.3 is 19.0 Å². The Morgan fingerprint density at radius 3 is 2.00 bits per heavy atom. The van der Waals surface area contributed by atoms with Gasteiger partial charge in [0.15, 0.2) is 5.89 Å². The van der Waals surface area contributed by atoms with Gasteiger partial charge in [0.1, 0.15) is 23.0 Å². The number of carbonyl (C=O) groups is 1. The first-order valence-corrected chi connectivity index (χ1v) is 11.9.